The summed E-state index contributed by atoms with van der Waals surface area (Å²) < 4.78 is 9.79. The SMILES string of the molecule is CCc1noc(C)c1C(=O)N1CCC(C(=O)OC)C1. The van der Waals surface area contributed by atoms with Gasteiger partial charge in [-0.3, -0.25) is 9.59 Å². The van der Waals surface area contributed by atoms with Gasteiger partial charge in [0.25, 0.3) is 5.91 Å². The normalized spacial score (nSPS) is 18.7. The summed E-state index contributed by atoms with van der Waals surface area (Å²) in [6.07, 6.45) is 1.29. The number of hydrogen-bond acceptors (Lipinski definition) is 5. The molecular formula is C13H18N2O4. The summed E-state index contributed by atoms with van der Waals surface area (Å²) in [5, 5.41) is 3.88. The van der Waals surface area contributed by atoms with Crippen LogP contribution < -0.4 is 0 Å². The van der Waals surface area contributed by atoms with Crippen LogP contribution in [-0.4, -0.2) is 42.1 Å². The lowest BCUT2D eigenvalue weighted by Gasteiger charge is -2.15. The van der Waals surface area contributed by atoms with Gasteiger partial charge in [0.15, 0.2) is 0 Å². The van der Waals surface area contributed by atoms with Crippen molar-refractivity contribution < 1.29 is 18.8 Å². The maximum atomic E-state index is 12.4. The summed E-state index contributed by atoms with van der Waals surface area (Å²) in [6.45, 7) is 4.62. The molecule has 1 aromatic heterocycles. The number of ether oxygens (including phenoxy) is 1. The van der Waals surface area contributed by atoms with E-state index >= 15 is 0 Å². The van der Waals surface area contributed by atoms with E-state index in [1.165, 1.54) is 7.11 Å². The number of aryl methyl sites for hydroxylation is 2. The number of amides is 1. The van der Waals surface area contributed by atoms with Crippen LogP contribution in [-0.2, 0) is 16.0 Å². The lowest BCUT2D eigenvalue weighted by molar-refractivity contribution is -0.144. The van der Waals surface area contributed by atoms with Crippen LogP contribution in [0.3, 0.4) is 0 Å². The van der Waals surface area contributed by atoms with Crippen molar-refractivity contribution in [3.8, 4) is 0 Å². The van der Waals surface area contributed by atoms with E-state index in [1.807, 2.05) is 6.92 Å². The van der Waals surface area contributed by atoms with Crippen molar-refractivity contribution in [2.24, 2.45) is 5.92 Å². The molecule has 19 heavy (non-hydrogen) atoms. The van der Waals surface area contributed by atoms with Crippen molar-refractivity contribution in [3.05, 3.63) is 17.0 Å². The minimum absolute atomic E-state index is 0.109. The van der Waals surface area contributed by atoms with Crippen LogP contribution >= 0.6 is 0 Å². The molecule has 0 saturated carbocycles. The Bertz CT molecular complexity index is 495. The van der Waals surface area contributed by atoms with Crippen molar-refractivity contribution >= 4 is 11.9 Å². The van der Waals surface area contributed by atoms with Crippen LogP contribution in [0.5, 0.6) is 0 Å². The van der Waals surface area contributed by atoms with Gasteiger partial charge in [0, 0.05) is 13.1 Å². The number of rotatable bonds is 3. The lowest BCUT2D eigenvalue weighted by Crippen LogP contribution is -2.31. The molecule has 1 aromatic rings. The maximum absolute atomic E-state index is 12.4. The predicted molar refractivity (Wildman–Crippen MR) is 66.6 cm³/mol. The van der Waals surface area contributed by atoms with Gasteiger partial charge in [0.2, 0.25) is 0 Å². The van der Waals surface area contributed by atoms with Gasteiger partial charge in [-0.1, -0.05) is 12.1 Å². The quantitative estimate of drug-likeness (QED) is 0.768. The minimum atomic E-state index is -0.256. The third kappa shape index (κ3) is 2.47. The molecule has 1 amide bonds. The zero-order chi connectivity index (χ0) is 14.0. The molecule has 6 heteroatoms. The second-order valence-corrected chi connectivity index (χ2v) is 4.67. The van der Waals surface area contributed by atoms with E-state index in [-0.39, 0.29) is 17.8 Å². The second kappa shape index (κ2) is 5.42. The Morgan fingerprint density at radius 3 is 2.89 bits per heavy atom. The monoisotopic (exact) mass is 266 g/mol. The van der Waals surface area contributed by atoms with E-state index in [0.717, 1.165) is 0 Å². The van der Waals surface area contributed by atoms with E-state index < -0.39 is 0 Å². The molecule has 0 aliphatic carbocycles. The van der Waals surface area contributed by atoms with Crippen LogP contribution in [0.25, 0.3) is 0 Å². The Labute approximate surface area is 111 Å². The van der Waals surface area contributed by atoms with Gasteiger partial charge in [-0.15, -0.1) is 0 Å². The molecular weight excluding hydrogens is 248 g/mol. The molecule has 6 nitrogen and oxygen atoms in total. The van der Waals surface area contributed by atoms with Gasteiger partial charge in [-0.2, -0.15) is 0 Å². The van der Waals surface area contributed by atoms with E-state index in [1.54, 1.807) is 11.8 Å². The number of hydrogen-bond donors (Lipinski definition) is 0. The maximum Gasteiger partial charge on any atom is 0.310 e. The van der Waals surface area contributed by atoms with Gasteiger partial charge in [0.05, 0.1) is 18.7 Å². The van der Waals surface area contributed by atoms with E-state index in [2.05, 4.69) is 5.16 Å². The molecule has 1 atom stereocenters. The highest BCUT2D eigenvalue weighted by atomic mass is 16.5. The molecule has 0 spiro atoms. The van der Waals surface area contributed by atoms with Crippen molar-refractivity contribution in [3.63, 3.8) is 0 Å². The number of methoxy groups -OCH3 is 1. The fraction of sp³-hybridized carbons (Fsp3) is 0.615. The van der Waals surface area contributed by atoms with Crippen LogP contribution in [0.2, 0.25) is 0 Å². The summed E-state index contributed by atoms with van der Waals surface area (Å²) in [5.74, 6) is -0.0578. The Kier molecular flexibility index (Phi) is 3.87. The summed E-state index contributed by atoms with van der Waals surface area (Å²) in [5.41, 5.74) is 1.21. The van der Waals surface area contributed by atoms with E-state index in [4.69, 9.17) is 9.26 Å². The summed E-state index contributed by atoms with van der Waals surface area (Å²) in [6, 6.07) is 0. The van der Waals surface area contributed by atoms with Gasteiger partial charge >= 0.3 is 5.97 Å². The molecule has 0 bridgehead atoms. The Hall–Kier alpha value is -1.85. The van der Waals surface area contributed by atoms with Gasteiger partial charge in [0.1, 0.15) is 11.3 Å². The molecule has 104 valence electrons. The third-order valence-corrected chi connectivity index (χ3v) is 3.49. The zero-order valence-corrected chi connectivity index (χ0v) is 11.4. The van der Waals surface area contributed by atoms with Crippen molar-refractivity contribution in [1.82, 2.24) is 10.1 Å². The van der Waals surface area contributed by atoms with Crippen LogP contribution in [0.4, 0.5) is 0 Å². The highest BCUT2D eigenvalue weighted by Crippen LogP contribution is 2.23. The standard InChI is InChI=1S/C13H18N2O4/c1-4-10-11(8(2)19-14-10)12(16)15-6-5-9(7-15)13(17)18-3/h9H,4-7H2,1-3H3. The summed E-state index contributed by atoms with van der Waals surface area (Å²) >= 11 is 0. The third-order valence-electron chi connectivity index (χ3n) is 3.49. The van der Waals surface area contributed by atoms with E-state index in [0.29, 0.717) is 42.9 Å². The number of aromatic nitrogens is 1. The van der Waals surface area contributed by atoms with Crippen LogP contribution in [0, 0.1) is 12.8 Å². The fourth-order valence-corrected chi connectivity index (χ4v) is 2.40. The fourth-order valence-electron chi connectivity index (χ4n) is 2.40. The predicted octanol–water partition coefficient (Wildman–Crippen LogP) is 1.18. The topological polar surface area (TPSA) is 72.6 Å². The van der Waals surface area contributed by atoms with E-state index in [9.17, 15) is 9.59 Å². The molecule has 2 rings (SSSR count). The Morgan fingerprint density at radius 2 is 2.26 bits per heavy atom. The molecule has 1 aliphatic rings. The first kappa shape index (κ1) is 13.6. The van der Waals surface area contributed by atoms with Crippen molar-refractivity contribution in [2.75, 3.05) is 20.2 Å². The molecule has 0 radical (unpaired) electrons. The van der Waals surface area contributed by atoms with Crippen LogP contribution in [0.15, 0.2) is 4.52 Å². The summed E-state index contributed by atoms with van der Waals surface area (Å²) in [7, 11) is 1.37. The summed E-state index contributed by atoms with van der Waals surface area (Å²) in [4.78, 5) is 25.6. The molecule has 1 aliphatic heterocycles. The van der Waals surface area contributed by atoms with Gasteiger partial charge in [-0.25, -0.2) is 0 Å². The second-order valence-electron chi connectivity index (χ2n) is 4.67. The highest BCUT2D eigenvalue weighted by molar-refractivity contribution is 5.96. The number of likely N-dealkylation sites (tertiary alicyclic amines) is 1. The smallest absolute Gasteiger partial charge is 0.310 e. The number of esters is 1. The number of carbonyl (C=O) groups excluding carboxylic acids is 2. The number of nitrogens with zero attached hydrogens (tertiary/aromatic N) is 2. The molecule has 1 fully saturated rings. The first-order valence-corrected chi connectivity index (χ1v) is 6.40. The van der Waals surface area contributed by atoms with Crippen molar-refractivity contribution in [1.29, 1.82) is 0 Å². The first-order valence-electron chi connectivity index (χ1n) is 6.40. The first-order chi connectivity index (χ1) is 9.08. The molecule has 1 unspecified atom stereocenters. The number of carbonyl (C=O) groups is 2. The Morgan fingerprint density at radius 1 is 1.53 bits per heavy atom. The van der Waals surface area contributed by atoms with Gasteiger partial charge < -0.3 is 14.2 Å². The molecule has 0 aromatic carbocycles. The Balaban J connectivity index is 2.13. The zero-order valence-electron chi connectivity index (χ0n) is 11.4. The van der Waals surface area contributed by atoms with Crippen LogP contribution in [0.1, 0.15) is 35.2 Å². The van der Waals surface area contributed by atoms with Gasteiger partial charge in [-0.05, 0) is 19.8 Å². The lowest BCUT2D eigenvalue weighted by atomic mass is 10.1. The average molecular weight is 266 g/mol. The largest absolute Gasteiger partial charge is 0.469 e. The molecule has 1 saturated heterocycles. The molecule has 0 N–H and O–H groups in total. The molecule has 2 heterocycles. The minimum Gasteiger partial charge on any atom is -0.469 e. The van der Waals surface area contributed by atoms with Crippen molar-refractivity contribution in [2.45, 2.75) is 26.7 Å². The average Bonchev–Trinajstić information content (AvgIpc) is 3.03. The highest BCUT2D eigenvalue weighted by Gasteiger charge is 2.34.